The predicted molar refractivity (Wildman–Crippen MR) is 173 cm³/mol. The zero-order valence-corrected chi connectivity index (χ0v) is 23.2. The Kier molecular flexibility index (Phi) is 5.80. The first kappa shape index (κ1) is 24.5. The summed E-state index contributed by atoms with van der Waals surface area (Å²) in [6.45, 7) is 0. The molecule has 0 aliphatic carbocycles. The van der Waals surface area contributed by atoms with E-state index in [0.717, 1.165) is 49.6 Å². The fraction of sp³-hybridized carbons (Fsp3) is 0. The average Bonchev–Trinajstić information content (AvgIpc) is 3.39. The molecule has 198 valence electrons. The molecule has 0 aliphatic rings. The monoisotopic (exact) mass is 558 g/mol. The van der Waals surface area contributed by atoms with E-state index >= 15 is 0 Å². The number of nitrogens with zero attached hydrogens (tertiary/aromatic N) is 4. The highest BCUT2D eigenvalue weighted by molar-refractivity contribution is 6.33. The summed E-state index contributed by atoms with van der Waals surface area (Å²) < 4.78 is 2.30. The van der Waals surface area contributed by atoms with Crippen molar-refractivity contribution in [2.24, 2.45) is 0 Å². The van der Waals surface area contributed by atoms with E-state index in [1.165, 1.54) is 5.39 Å². The Labute approximate surface area is 247 Å². The van der Waals surface area contributed by atoms with Crippen LogP contribution in [0.25, 0.3) is 72.4 Å². The second-order valence-electron chi connectivity index (χ2n) is 10.2. The van der Waals surface area contributed by atoms with Gasteiger partial charge in [-0.1, -0.05) is 115 Å². The van der Waals surface area contributed by atoms with Crippen molar-refractivity contribution in [2.45, 2.75) is 0 Å². The molecule has 0 aliphatic heterocycles. The maximum Gasteiger partial charge on any atom is 0.166 e. The molecule has 8 aromatic rings. The van der Waals surface area contributed by atoms with Crippen LogP contribution in [-0.2, 0) is 0 Å². The van der Waals surface area contributed by atoms with Crippen LogP contribution >= 0.6 is 11.6 Å². The normalized spacial score (nSPS) is 11.5. The summed E-state index contributed by atoms with van der Waals surface area (Å²) in [5.41, 5.74) is 5.88. The van der Waals surface area contributed by atoms with Crippen molar-refractivity contribution in [3.63, 3.8) is 0 Å². The summed E-state index contributed by atoms with van der Waals surface area (Å²) in [7, 11) is 0. The number of benzene rings is 6. The number of para-hydroxylation sites is 3. The number of hydrogen-bond acceptors (Lipinski definition) is 3. The molecule has 0 spiro atoms. The van der Waals surface area contributed by atoms with Crippen LogP contribution in [0.1, 0.15) is 0 Å². The van der Waals surface area contributed by atoms with E-state index in [2.05, 4.69) is 95.6 Å². The number of aromatic nitrogens is 4. The molecule has 0 fully saturated rings. The molecule has 0 N–H and O–H groups in total. The van der Waals surface area contributed by atoms with Crippen LogP contribution in [0.5, 0.6) is 0 Å². The van der Waals surface area contributed by atoms with E-state index in [0.29, 0.717) is 22.5 Å². The fourth-order valence-electron chi connectivity index (χ4n) is 5.84. The van der Waals surface area contributed by atoms with Crippen LogP contribution in [0.15, 0.2) is 140 Å². The minimum atomic E-state index is 0.535. The lowest BCUT2D eigenvalue weighted by molar-refractivity contribution is 1.07. The maximum absolute atomic E-state index is 6.70. The minimum absolute atomic E-state index is 0.535. The molecule has 2 aromatic heterocycles. The molecule has 0 amide bonds. The molecule has 0 unspecified atom stereocenters. The molecule has 8 rings (SSSR count). The number of hydrogen-bond donors (Lipinski definition) is 0. The summed E-state index contributed by atoms with van der Waals surface area (Å²) in [5, 5.41) is 5.11. The first-order valence-electron chi connectivity index (χ1n) is 13.8. The molecular weight excluding hydrogens is 536 g/mol. The summed E-state index contributed by atoms with van der Waals surface area (Å²) >= 11 is 6.70. The van der Waals surface area contributed by atoms with E-state index in [1.807, 2.05) is 48.5 Å². The molecule has 0 radical (unpaired) electrons. The van der Waals surface area contributed by atoms with Gasteiger partial charge >= 0.3 is 0 Å². The van der Waals surface area contributed by atoms with Gasteiger partial charge in [-0.2, -0.15) is 0 Å². The molecule has 6 aromatic carbocycles. The van der Waals surface area contributed by atoms with E-state index in [4.69, 9.17) is 26.6 Å². The summed E-state index contributed by atoms with van der Waals surface area (Å²) in [5.74, 6) is 1.73. The Bertz CT molecular complexity index is 2270. The third-order valence-corrected chi connectivity index (χ3v) is 8.06. The standard InChI is InChI=1S/C37H23ClN4/c38-32-22-8-6-18-30(32)36-39-35(29-20-10-13-24-12-4-5-16-26(24)29)40-37(41-36)31-21-11-19-28-27-17-7-9-23-33(27)42(34(28)31)25-14-2-1-3-15-25/h1-23H. The summed E-state index contributed by atoms with van der Waals surface area (Å²) in [6, 6.07) is 47.5. The topological polar surface area (TPSA) is 43.6 Å². The molecule has 2 heterocycles. The zero-order chi connectivity index (χ0) is 28.0. The largest absolute Gasteiger partial charge is 0.309 e. The highest BCUT2D eigenvalue weighted by Crippen LogP contribution is 2.38. The lowest BCUT2D eigenvalue weighted by Crippen LogP contribution is -2.02. The molecule has 5 heteroatoms. The van der Waals surface area contributed by atoms with E-state index in [1.54, 1.807) is 0 Å². The highest BCUT2D eigenvalue weighted by Gasteiger charge is 2.20. The third-order valence-electron chi connectivity index (χ3n) is 7.73. The van der Waals surface area contributed by atoms with E-state index in [9.17, 15) is 0 Å². The van der Waals surface area contributed by atoms with Gasteiger partial charge in [-0.05, 0) is 47.2 Å². The van der Waals surface area contributed by atoms with Crippen LogP contribution in [0.3, 0.4) is 0 Å². The SMILES string of the molecule is Clc1ccccc1-c1nc(-c2cccc3ccccc23)nc(-c2cccc3c4ccccc4n(-c4ccccc4)c23)n1. The molecule has 0 atom stereocenters. The van der Waals surface area contributed by atoms with Gasteiger partial charge in [-0.25, -0.2) is 15.0 Å². The van der Waals surface area contributed by atoms with E-state index in [-0.39, 0.29) is 0 Å². The first-order chi connectivity index (χ1) is 20.8. The third kappa shape index (κ3) is 3.96. The Morgan fingerprint density at radius 1 is 0.429 bits per heavy atom. The Morgan fingerprint density at radius 3 is 1.81 bits per heavy atom. The van der Waals surface area contributed by atoms with Gasteiger partial charge in [-0.3, -0.25) is 0 Å². The van der Waals surface area contributed by atoms with Gasteiger partial charge < -0.3 is 4.57 Å². The number of halogens is 1. The lowest BCUT2D eigenvalue weighted by Gasteiger charge is -2.13. The quantitative estimate of drug-likeness (QED) is 0.216. The summed E-state index contributed by atoms with van der Waals surface area (Å²) in [6.07, 6.45) is 0. The molecule has 4 nitrogen and oxygen atoms in total. The van der Waals surface area contributed by atoms with Gasteiger partial charge in [0.05, 0.1) is 16.1 Å². The zero-order valence-electron chi connectivity index (χ0n) is 22.4. The minimum Gasteiger partial charge on any atom is -0.309 e. The molecule has 0 saturated carbocycles. The second-order valence-corrected chi connectivity index (χ2v) is 10.6. The molecule has 0 saturated heterocycles. The van der Waals surface area contributed by atoms with Gasteiger partial charge in [0.25, 0.3) is 0 Å². The van der Waals surface area contributed by atoms with Crippen LogP contribution < -0.4 is 0 Å². The fourth-order valence-corrected chi connectivity index (χ4v) is 6.06. The Hall–Kier alpha value is -5.32. The highest BCUT2D eigenvalue weighted by atomic mass is 35.5. The first-order valence-corrected chi connectivity index (χ1v) is 14.2. The number of rotatable bonds is 4. The maximum atomic E-state index is 6.70. The Balaban J connectivity index is 1.48. The molecular formula is C37H23ClN4. The van der Waals surface area contributed by atoms with Crippen molar-refractivity contribution in [3.8, 4) is 39.9 Å². The second kappa shape index (κ2) is 9.95. The Morgan fingerprint density at radius 2 is 0.976 bits per heavy atom. The summed E-state index contributed by atoms with van der Waals surface area (Å²) in [4.78, 5) is 15.2. The van der Waals surface area contributed by atoms with Crippen molar-refractivity contribution in [3.05, 3.63) is 145 Å². The van der Waals surface area contributed by atoms with Crippen LogP contribution in [0, 0.1) is 0 Å². The lowest BCUT2D eigenvalue weighted by atomic mass is 10.0. The molecule has 0 bridgehead atoms. The van der Waals surface area contributed by atoms with Crippen molar-refractivity contribution in [1.29, 1.82) is 0 Å². The predicted octanol–water partition coefficient (Wildman–Crippen LogP) is 9.78. The van der Waals surface area contributed by atoms with Gasteiger partial charge in [0.15, 0.2) is 17.5 Å². The van der Waals surface area contributed by atoms with Crippen molar-refractivity contribution < 1.29 is 0 Å². The van der Waals surface area contributed by atoms with Gasteiger partial charge in [0.2, 0.25) is 0 Å². The van der Waals surface area contributed by atoms with Crippen LogP contribution in [0.4, 0.5) is 0 Å². The van der Waals surface area contributed by atoms with Gasteiger partial charge in [-0.15, -0.1) is 0 Å². The van der Waals surface area contributed by atoms with Gasteiger partial charge in [0, 0.05) is 33.2 Å². The van der Waals surface area contributed by atoms with Gasteiger partial charge in [0.1, 0.15) is 0 Å². The van der Waals surface area contributed by atoms with Crippen LogP contribution in [0.2, 0.25) is 5.02 Å². The average molecular weight is 559 g/mol. The van der Waals surface area contributed by atoms with Crippen molar-refractivity contribution in [1.82, 2.24) is 19.5 Å². The van der Waals surface area contributed by atoms with E-state index < -0.39 is 0 Å². The number of fused-ring (bicyclic) bond motifs is 4. The van der Waals surface area contributed by atoms with Crippen molar-refractivity contribution in [2.75, 3.05) is 0 Å². The van der Waals surface area contributed by atoms with Crippen LogP contribution in [-0.4, -0.2) is 19.5 Å². The smallest absolute Gasteiger partial charge is 0.166 e. The molecule has 42 heavy (non-hydrogen) atoms. The van der Waals surface area contributed by atoms with Crippen molar-refractivity contribution >= 4 is 44.2 Å².